The quantitative estimate of drug-likeness (QED) is 0.572. The molecule has 0 amide bonds. The summed E-state index contributed by atoms with van der Waals surface area (Å²) >= 11 is 0. The SMILES string of the molecule is CCOP(=O)(OCC)OC1=C2C(C)(C)C(=O)C=CC2(C)c2cc(OC)ccc2C1=O. The second-order valence-corrected chi connectivity index (χ2v) is 9.44. The standard InChI is InChI=1S/C22H27O7P/c1-7-27-30(25,28-8-2)29-19-18(24)15-10-9-14(26-6)13-16(15)22(5)12-11-17(23)21(3,4)20(19)22/h9-13H,7-8H2,1-6H3. The molecule has 1 aromatic rings. The Hall–Kier alpha value is -2.21. The van der Waals surface area contributed by atoms with Gasteiger partial charge >= 0.3 is 7.82 Å². The van der Waals surface area contributed by atoms with E-state index < -0.39 is 24.4 Å². The van der Waals surface area contributed by atoms with Gasteiger partial charge in [-0.05, 0) is 64.5 Å². The average molecular weight is 434 g/mol. The Kier molecular flexibility index (Phi) is 5.84. The van der Waals surface area contributed by atoms with E-state index in [0.717, 1.165) is 0 Å². The van der Waals surface area contributed by atoms with Crippen molar-refractivity contribution in [3.63, 3.8) is 0 Å². The smallest absolute Gasteiger partial charge is 0.497 e. The summed E-state index contributed by atoms with van der Waals surface area (Å²) in [5.41, 5.74) is -0.431. The van der Waals surface area contributed by atoms with E-state index in [9.17, 15) is 14.2 Å². The summed E-state index contributed by atoms with van der Waals surface area (Å²) in [6.45, 7) is 8.78. The lowest BCUT2D eigenvalue weighted by Crippen LogP contribution is -2.45. The Morgan fingerprint density at radius 3 is 2.23 bits per heavy atom. The molecule has 162 valence electrons. The maximum Gasteiger partial charge on any atom is 0.530 e. The average Bonchev–Trinajstić information content (AvgIpc) is 2.69. The topological polar surface area (TPSA) is 88.1 Å². The van der Waals surface area contributed by atoms with E-state index in [1.54, 1.807) is 59.1 Å². The van der Waals surface area contributed by atoms with Crippen molar-refractivity contribution in [2.45, 2.75) is 40.0 Å². The molecule has 1 atom stereocenters. The Balaban J connectivity index is 2.32. The van der Waals surface area contributed by atoms with Gasteiger partial charge in [-0.25, -0.2) is 4.57 Å². The summed E-state index contributed by atoms with van der Waals surface area (Å²) in [5.74, 6) is -0.235. The van der Waals surface area contributed by atoms with Crippen LogP contribution in [-0.2, 0) is 28.3 Å². The molecule has 30 heavy (non-hydrogen) atoms. The summed E-state index contributed by atoms with van der Waals surface area (Å²) in [6.07, 6.45) is 3.27. The minimum absolute atomic E-state index is 0.0708. The summed E-state index contributed by atoms with van der Waals surface area (Å²) in [7, 11) is -2.51. The molecule has 0 fully saturated rings. The predicted octanol–water partition coefficient (Wildman–Crippen LogP) is 4.77. The van der Waals surface area contributed by atoms with E-state index in [1.807, 2.05) is 6.92 Å². The number of rotatable bonds is 7. The molecule has 8 heteroatoms. The maximum atomic E-state index is 13.5. The Morgan fingerprint density at radius 2 is 1.67 bits per heavy atom. The first-order valence-electron chi connectivity index (χ1n) is 9.85. The lowest BCUT2D eigenvalue weighted by Gasteiger charge is -2.45. The fourth-order valence-corrected chi connectivity index (χ4v) is 5.38. The first-order valence-corrected chi connectivity index (χ1v) is 11.3. The van der Waals surface area contributed by atoms with Crippen LogP contribution in [0.3, 0.4) is 0 Å². The number of hydrogen-bond acceptors (Lipinski definition) is 7. The van der Waals surface area contributed by atoms with Crippen molar-refractivity contribution >= 4 is 19.4 Å². The molecule has 2 aliphatic carbocycles. The van der Waals surface area contributed by atoms with Gasteiger partial charge in [0.2, 0.25) is 5.78 Å². The molecule has 0 aliphatic heterocycles. The third-order valence-electron chi connectivity index (χ3n) is 5.57. The normalized spacial score (nSPS) is 22.6. The largest absolute Gasteiger partial charge is 0.530 e. The van der Waals surface area contributed by atoms with Crippen molar-refractivity contribution in [1.29, 1.82) is 0 Å². The van der Waals surface area contributed by atoms with Crippen LogP contribution < -0.4 is 4.74 Å². The first-order chi connectivity index (χ1) is 14.0. The molecular formula is C22H27O7P. The number of Topliss-reactive ketones (excluding diaryl/α,β-unsaturated/α-hetero) is 1. The van der Waals surface area contributed by atoms with Crippen molar-refractivity contribution < 1.29 is 32.5 Å². The van der Waals surface area contributed by atoms with Gasteiger partial charge in [-0.15, -0.1) is 0 Å². The zero-order chi connectivity index (χ0) is 22.3. The van der Waals surface area contributed by atoms with Crippen molar-refractivity contribution in [2.75, 3.05) is 20.3 Å². The van der Waals surface area contributed by atoms with E-state index in [1.165, 1.54) is 6.08 Å². The van der Waals surface area contributed by atoms with Crippen molar-refractivity contribution in [1.82, 2.24) is 0 Å². The highest BCUT2D eigenvalue weighted by molar-refractivity contribution is 7.48. The van der Waals surface area contributed by atoms with Crippen molar-refractivity contribution in [3.8, 4) is 5.75 Å². The van der Waals surface area contributed by atoms with Crippen LogP contribution in [0.5, 0.6) is 5.75 Å². The van der Waals surface area contributed by atoms with E-state index in [-0.39, 0.29) is 24.8 Å². The van der Waals surface area contributed by atoms with Gasteiger partial charge in [0.15, 0.2) is 11.5 Å². The van der Waals surface area contributed by atoms with Crippen molar-refractivity contribution in [3.05, 3.63) is 52.8 Å². The van der Waals surface area contributed by atoms with E-state index in [2.05, 4.69) is 0 Å². The summed E-state index contributed by atoms with van der Waals surface area (Å²) in [6, 6.07) is 5.10. The Labute approximate surface area is 176 Å². The number of fused-ring (bicyclic) bond motifs is 3. The number of phosphoric acid groups is 1. The number of carbonyl (C=O) groups is 2. The van der Waals surface area contributed by atoms with Gasteiger partial charge in [-0.1, -0.05) is 6.08 Å². The second-order valence-electron chi connectivity index (χ2n) is 7.84. The van der Waals surface area contributed by atoms with Gasteiger partial charge in [-0.3, -0.25) is 18.6 Å². The predicted molar refractivity (Wildman–Crippen MR) is 112 cm³/mol. The van der Waals surface area contributed by atoms with Crippen LogP contribution in [0.15, 0.2) is 41.7 Å². The van der Waals surface area contributed by atoms with Gasteiger partial charge in [0.25, 0.3) is 0 Å². The number of allylic oxidation sites excluding steroid dienone is 4. The van der Waals surface area contributed by atoms with Crippen LogP contribution in [0.2, 0.25) is 0 Å². The zero-order valence-electron chi connectivity index (χ0n) is 18.1. The summed E-state index contributed by atoms with van der Waals surface area (Å²) < 4.78 is 34.7. The second kappa shape index (κ2) is 7.80. The lowest BCUT2D eigenvalue weighted by atomic mass is 9.57. The number of methoxy groups -OCH3 is 1. The molecular weight excluding hydrogens is 407 g/mol. The number of carbonyl (C=O) groups excluding carboxylic acids is 2. The molecule has 0 heterocycles. The first kappa shape index (κ1) is 22.5. The van der Waals surface area contributed by atoms with Crippen LogP contribution in [-0.4, -0.2) is 31.9 Å². The van der Waals surface area contributed by atoms with Crippen LogP contribution in [0.25, 0.3) is 0 Å². The Bertz CT molecular complexity index is 995. The maximum absolute atomic E-state index is 13.5. The lowest BCUT2D eigenvalue weighted by molar-refractivity contribution is -0.121. The highest BCUT2D eigenvalue weighted by Crippen LogP contribution is 2.58. The molecule has 0 radical (unpaired) electrons. The molecule has 0 bridgehead atoms. The van der Waals surface area contributed by atoms with Gasteiger partial charge in [0.1, 0.15) is 5.75 Å². The number of hydrogen-bond donors (Lipinski definition) is 0. The number of benzene rings is 1. The van der Waals surface area contributed by atoms with E-state index >= 15 is 0 Å². The minimum atomic E-state index is -4.06. The molecule has 2 aliphatic rings. The monoisotopic (exact) mass is 434 g/mol. The van der Waals surface area contributed by atoms with Gasteiger partial charge in [-0.2, -0.15) is 0 Å². The molecule has 1 aromatic carbocycles. The van der Waals surface area contributed by atoms with Crippen LogP contribution in [0, 0.1) is 5.41 Å². The molecule has 0 aromatic heterocycles. The summed E-state index contributed by atoms with van der Waals surface area (Å²) in [5, 5.41) is 0. The van der Waals surface area contributed by atoms with Gasteiger partial charge in [0, 0.05) is 16.6 Å². The molecule has 0 N–H and O–H groups in total. The van der Waals surface area contributed by atoms with E-state index in [4.69, 9.17) is 18.3 Å². The zero-order valence-corrected chi connectivity index (χ0v) is 19.0. The van der Waals surface area contributed by atoms with E-state index in [0.29, 0.717) is 22.4 Å². The fourth-order valence-electron chi connectivity index (χ4n) is 4.17. The number of ether oxygens (including phenoxy) is 1. The molecule has 0 saturated carbocycles. The molecule has 1 unspecified atom stereocenters. The van der Waals surface area contributed by atoms with Crippen LogP contribution in [0.1, 0.15) is 50.5 Å². The molecule has 7 nitrogen and oxygen atoms in total. The van der Waals surface area contributed by atoms with Gasteiger partial charge in [0.05, 0.1) is 25.7 Å². The third kappa shape index (κ3) is 3.45. The molecule has 3 rings (SSSR count). The summed E-state index contributed by atoms with van der Waals surface area (Å²) in [4.78, 5) is 26.3. The third-order valence-corrected chi connectivity index (χ3v) is 7.13. The molecule has 0 spiro atoms. The number of ketones is 2. The minimum Gasteiger partial charge on any atom is -0.497 e. The van der Waals surface area contributed by atoms with Crippen LogP contribution in [0.4, 0.5) is 0 Å². The van der Waals surface area contributed by atoms with Gasteiger partial charge < -0.3 is 9.26 Å². The fraction of sp³-hybridized carbons (Fsp3) is 0.455. The number of phosphoric ester groups is 1. The van der Waals surface area contributed by atoms with Crippen molar-refractivity contribution in [2.24, 2.45) is 5.41 Å². The highest BCUT2D eigenvalue weighted by atomic mass is 31.2. The Morgan fingerprint density at radius 1 is 1.03 bits per heavy atom. The highest BCUT2D eigenvalue weighted by Gasteiger charge is 2.53. The van der Waals surface area contributed by atoms with Crippen LogP contribution >= 0.6 is 7.82 Å². The molecule has 0 saturated heterocycles.